The maximum Gasteiger partial charge on any atom is 0.339 e. The molecule has 0 aromatic heterocycles. The van der Waals surface area contributed by atoms with Crippen LogP contribution in [0.5, 0.6) is 5.75 Å². The first kappa shape index (κ1) is 16.5. The van der Waals surface area contributed by atoms with E-state index in [-0.39, 0.29) is 22.7 Å². The van der Waals surface area contributed by atoms with Gasteiger partial charge in [-0.05, 0) is 23.3 Å². The summed E-state index contributed by atoms with van der Waals surface area (Å²) in [6.45, 7) is 0. The van der Waals surface area contributed by atoms with E-state index in [4.69, 9.17) is 0 Å². The fraction of sp³-hybridized carbons (Fsp3) is 0.0476. The van der Waals surface area contributed by atoms with Crippen LogP contribution in [0.3, 0.4) is 0 Å². The van der Waals surface area contributed by atoms with Crippen molar-refractivity contribution in [2.75, 3.05) is 0 Å². The summed E-state index contributed by atoms with van der Waals surface area (Å²) in [6.07, 6.45) is 0.336. The zero-order chi connectivity index (χ0) is 17.8. The van der Waals surface area contributed by atoms with E-state index in [2.05, 4.69) is 0 Å². The Bertz CT molecular complexity index is 915. The van der Waals surface area contributed by atoms with Gasteiger partial charge in [-0.2, -0.15) is 0 Å². The molecule has 0 aliphatic carbocycles. The van der Waals surface area contributed by atoms with Crippen LogP contribution in [0.2, 0.25) is 0 Å². The van der Waals surface area contributed by atoms with Crippen LogP contribution >= 0.6 is 0 Å². The fourth-order valence-corrected chi connectivity index (χ4v) is 2.70. The minimum atomic E-state index is -1.27. The molecule has 0 unspecified atom stereocenters. The van der Waals surface area contributed by atoms with E-state index >= 15 is 0 Å². The molecule has 4 nitrogen and oxygen atoms in total. The van der Waals surface area contributed by atoms with Crippen molar-refractivity contribution in [3.8, 4) is 5.75 Å². The molecule has 0 amide bonds. The zero-order valence-electron chi connectivity index (χ0n) is 13.3. The molecule has 0 bridgehead atoms. The third kappa shape index (κ3) is 3.58. The fourth-order valence-electron chi connectivity index (χ4n) is 2.70. The Morgan fingerprint density at radius 2 is 1.40 bits per heavy atom. The zero-order valence-corrected chi connectivity index (χ0v) is 13.3. The summed E-state index contributed by atoms with van der Waals surface area (Å²) in [4.78, 5) is 24.1. The molecule has 3 aromatic carbocycles. The SMILES string of the molecule is O=C(c1ccccc1)c1cc(Cc2ccccc2)c(O)c(C(=O)O)c1. The monoisotopic (exact) mass is 332 g/mol. The molecular formula is C21H16O4. The Balaban J connectivity index is 2.07. The highest BCUT2D eigenvalue weighted by Crippen LogP contribution is 2.28. The van der Waals surface area contributed by atoms with Gasteiger partial charge in [0.15, 0.2) is 5.78 Å². The van der Waals surface area contributed by atoms with Gasteiger partial charge < -0.3 is 10.2 Å². The van der Waals surface area contributed by atoms with E-state index in [9.17, 15) is 19.8 Å². The summed E-state index contributed by atoms with van der Waals surface area (Å²) >= 11 is 0. The number of rotatable bonds is 5. The van der Waals surface area contributed by atoms with Crippen LogP contribution < -0.4 is 0 Å². The topological polar surface area (TPSA) is 74.6 Å². The summed E-state index contributed by atoms with van der Waals surface area (Å²) in [5, 5.41) is 19.7. The number of benzene rings is 3. The summed E-state index contributed by atoms with van der Waals surface area (Å²) in [5.74, 6) is -1.85. The smallest absolute Gasteiger partial charge is 0.339 e. The first-order valence-corrected chi connectivity index (χ1v) is 7.79. The molecule has 0 fully saturated rings. The molecule has 3 aromatic rings. The molecule has 4 heteroatoms. The number of ketones is 1. The molecule has 124 valence electrons. The molecule has 0 aliphatic rings. The third-order valence-corrected chi connectivity index (χ3v) is 3.95. The average molecular weight is 332 g/mol. The van der Waals surface area contributed by atoms with Crippen LogP contribution in [-0.2, 0) is 6.42 Å². The van der Waals surface area contributed by atoms with Gasteiger partial charge in [0.25, 0.3) is 0 Å². The summed E-state index contributed by atoms with van der Waals surface area (Å²) < 4.78 is 0. The molecule has 0 saturated heterocycles. The van der Waals surface area contributed by atoms with Gasteiger partial charge in [-0.3, -0.25) is 4.79 Å². The van der Waals surface area contributed by atoms with Gasteiger partial charge in [0.05, 0.1) is 0 Å². The first-order valence-electron chi connectivity index (χ1n) is 7.79. The van der Waals surface area contributed by atoms with Crippen molar-refractivity contribution in [2.45, 2.75) is 6.42 Å². The van der Waals surface area contributed by atoms with Crippen LogP contribution in [-0.4, -0.2) is 22.0 Å². The second-order valence-corrected chi connectivity index (χ2v) is 5.69. The van der Waals surface area contributed by atoms with Crippen molar-refractivity contribution in [2.24, 2.45) is 0 Å². The molecule has 0 radical (unpaired) electrons. The lowest BCUT2D eigenvalue weighted by Gasteiger charge is -2.11. The van der Waals surface area contributed by atoms with E-state index in [0.717, 1.165) is 5.56 Å². The maximum atomic E-state index is 12.7. The van der Waals surface area contributed by atoms with Gasteiger partial charge in [-0.25, -0.2) is 4.79 Å². The molecule has 2 N–H and O–H groups in total. The highest BCUT2D eigenvalue weighted by molar-refractivity contribution is 6.10. The molecule has 25 heavy (non-hydrogen) atoms. The predicted octanol–water partition coefficient (Wildman–Crippen LogP) is 3.91. The first-order chi connectivity index (χ1) is 12.1. The van der Waals surface area contributed by atoms with Crippen molar-refractivity contribution in [1.82, 2.24) is 0 Å². The van der Waals surface area contributed by atoms with Crippen LogP contribution in [0, 0.1) is 0 Å². The standard InChI is InChI=1S/C21H16O4/c22-19(15-9-5-2-6-10-15)17-12-16(11-14-7-3-1-4-8-14)20(23)18(13-17)21(24)25/h1-10,12-13,23H,11H2,(H,24,25). The number of carbonyl (C=O) groups excluding carboxylic acids is 1. The number of carboxylic acids is 1. The van der Waals surface area contributed by atoms with Crippen LogP contribution in [0.15, 0.2) is 72.8 Å². The number of phenols is 1. The van der Waals surface area contributed by atoms with Crippen molar-refractivity contribution >= 4 is 11.8 Å². The molecule has 0 saturated carbocycles. The molecule has 0 aliphatic heterocycles. The Morgan fingerprint density at radius 1 is 0.800 bits per heavy atom. The quantitative estimate of drug-likeness (QED) is 0.695. The van der Waals surface area contributed by atoms with Crippen molar-refractivity contribution in [3.05, 3.63) is 101 Å². The van der Waals surface area contributed by atoms with Crippen molar-refractivity contribution in [1.29, 1.82) is 0 Å². The summed E-state index contributed by atoms with van der Waals surface area (Å²) in [7, 11) is 0. The lowest BCUT2D eigenvalue weighted by Crippen LogP contribution is -2.07. The second kappa shape index (κ2) is 7.01. The predicted molar refractivity (Wildman–Crippen MR) is 94.2 cm³/mol. The summed E-state index contributed by atoms with van der Waals surface area (Å²) in [5.41, 5.74) is 1.76. The summed E-state index contributed by atoms with van der Waals surface area (Å²) in [6, 6.07) is 20.8. The molecule has 3 rings (SSSR count). The second-order valence-electron chi connectivity index (χ2n) is 5.69. The molecule has 0 atom stereocenters. The van der Waals surface area contributed by atoms with Crippen LogP contribution in [0.4, 0.5) is 0 Å². The number of aromatic hydroxyl groups is 1. The lowest BCUT2D eigenvalue weighted by atomic mass is 9.94. The highest BCUT2D eigenvalue weighted by atomic mass is 16.4. The third-order valence-electron chi connectivity index (χ3n) is 3.95. The highest BCUT2D eigenvalue weighted by Gasteiger charge is 2.19. The number of carboxylic acid groups (broad SMARTS) is 1. The Hall–Kier alpha value is -3.40. The van der Waals surface area contributed by atoms with Crippen LogP contribution in [0.25, 0.3) is 0 Å². The van der Waals surface area contributed by atoms with E-state index in [1.54, 1.807) is 36.4 Å². The number of hydrogen-bond acceptors (Lipinski definition) is 3. The molecule has 0 spiro atoms. The average Bonchev–Trinajstić information content (AvgIpc) is 2.64. The number of hydrogen-bond donors (Lipinski definition) is 2. The van der Waals surface area contributed by atoms with E-state index in [0.29, 0.717) is 17.5 Å². The number of carbonyl (C=O) groups is 2. The van der Waals surface area contributed by atoms with E-state index in [1.807, 2.05) is 30.3 Å². The molecular weight excluding hydrogens is 316 g/mol. The van der Waals surface area contributed by atoms with Gasteiger partial charge in [-0.1, -0.05) is 60.7 Å². The Labute approximate surface area is 145 Å². The van der Waals surface area contributed by atoms with Crippen LogP contribution in [0.1, 0.15) is 37.4 Å². The minimum Gasteiger partial charge on any atom is -0.507 e. The van der Waals surface area contributed by atoms with Crippen molar-refractivity contribution in [3.63, 3.8) is 0 Å². The number of aromatic carboxylic acids is 1. The Morgan fingerprint density at radius 3 is 2.00 bits per heavy atom. The Kier molecular flexibility index (Phi) is 4.61. The largest absolute Gasteiger partial charge is 0.507 e. The minimum absolute atomic E-state index is 0.243. The van der Waals surface area contributed by atoms with Gasteiger partial charge in [0, 0.05) is 17.5 Å². The van der Waals surface area contributed by atoms with E-state index < -0.39 is 5.97 Å². The molecule has 0 heterocycles. The lowest BCUT2D eigenvalue weighted by molar-refractivity contribution is 0.0693. The van der Waals surface area contributed by atoms with Gasteiger partial charge in [0.2, 0.25) is 0 Å². The van der Waals surface area contributed by atoms with Gasteiger partial charge in [-0.15, -0.1) is 0 Å². The van der Waals surface area contributed by atoms with Gasteiger partial charge >= 0.3 is 5.97 Å². The van der Waals surface area contributed by atoms with Crippen molar-refractivity contribution < 1.29 is 19.8 Å². The van der Waals surface area contributed by atoms with E-state index in [1.165, 1.54) is 6.07 Å². The van der Waals surface area contributed by atoms with Gasteiger partial charge in [0.1, 0.15) is 11.3 Å². The maximum absolute atomic E-state index is 12.7. The normalized spacial score (nSPS) is 10.4.